The highest BCUT2D eigenvalue weighted by Gasteiger charge is 2.13. The molecule has 0 bridgehead atoms. The predicted octanol–water partition coefficient (Wildman–Crippen LogP) is 3.34. The van der Waals surface area contributed by atoms with Gasteiger partial charge in [0.2, 0.25) is 0 Å². The molecule has 0 radical (unpaired) electrons. The van der Waals surface area contributed by atoms with E-state index in [1.54, 1.807) is 18.3 Å². The van der Waals surface area contributed by atoms with Gasteiger partial charge in [0.25, 0.3) is 5.91 Å². The Kier molecular flexibility index (Phi) is 4.22. The Morgan fingerprint density at radius 2 is 2.00 bits per heavy atom. The van der Waals surface area contributed by atoms with Gasteiger partial charge in [-0.2, -0.15) is 0 Å². The second-order valence-electron chi connectivity index (χ2n) is 5.20. The van der Waals surface area contributed by atoms with E-state index in [1.807, 2.05) is 17.5 Å². The molecule has 0 atom stereocenters. The summed E-state index contributed by atoms with van der Waals surface area (Å²) in [7, 11) is 1.29. The van der Waals surface area contributed by atoms with Gasteiger partial charge in [0.05, 0.1) is 29.1 Å². The van der Waals surface area contributed by atoms with Gasteiger partial charge < -0.3 is 14.5 Å². The number of rotatable bonds is 3. The number of carbonyl (C=O) groups is 2. The first kappa shape index (κ1) is 16.0. The minimum Gasteiger partial charge on any atom is -0.465 e. The molecule has 0 fully saturated rings. The average Bonchev–Trinajstić information content (AvgIpc) is 2.95. The fourth-order valence-corrected chi connectivity index (χ4v) is 2.48. The average molecular weight is 344 g/mol. The van der Waals surface area contributed by atoms with Crippen molar-refractivity contribution in [3.05, 3.63) is 64.6 Å². The van der Waals surface area contributed by atoms with E-state index in [9.17, 15) is 9.59 Å². The fraction of sp³-hybridized carbons (Fsp3) is 0.118. The van der Waals surface area contributed by atoms with Crippen molar-refractivity contribution in [2.75, 3.05) is 12.4 Å². The number of fused-ring (bicyclic) bond motifs is 1. The molecule has 3 aromatic rings. The van der Waals surface area contributed by atoms with Crippen molar-refractivity contribution in [3.63, 3.8) is 0 Å². The van der Waals surface area contributed by atoms with Crippen LogP contribution in [0.5, 0.6) is 0 Å². The molecule has 0 unspecified atom stereocenters. The van der Waals surface area contributed by atoms with E-state index in [-0.39, 0.29) is 5.91 Å². The summed E-state index contributed by atoms with van der Waals surface area (Å²) in [5, 5.41) is 3.03. The predicted molar refractivity (Wildman–Crippen MR) is 90.7 cm³/mol. The van der Waals surface area contributed by atoms with Crippen LogP contribution >= 0.6 is 11.6 Å². The molecule has 6 nitrogen and oxygen atoms in total. The summed E-state index contributed by atoms with van der Waals surface area (Å²) in [6.45, 7) is 1.88. The van der Waals surface area contributed by atoms with E-state index >= 15 is 0 Å². The summed E-state index contributed by atoms with van der Waals surface area (Å²) >= 11 is 6.09. The zero-order valence-electron chi connectivity index (χ0n) is 13.0. The number of imidazole rings is 1. The Labute approximate surface area is 143 Å². The van der Waals surface area contributed by atoms with E-state index in [2.05, 4.69) is 15.0 Å². The highest BCUT2D eigenvalue weighted by atomic mass is 35.5. The van der Waals surface area contributed by atoms with Crippen molar-refractivity contribution < 1.29 is 14.3 Å². The number of halogens is 1. The molecular weight excluding hydrogens is 330 g/mol. The Hall–Kier alpha value is -2.86. The summed E-state index contributed by atoms with van der Waals surface area (Å²) in [4.78, 5) is 28.4. The monoisotopic (exact) mass is 343 g/mol. The van der Waals surface area contributed by atoms with Crippen LogP contribution in [0.4, 0.5) is 5.69 Å². The number of hydrogen-bond donors (Lipinski definition) is 1. The number of aromatic nitrogens is 2. The topological polar surface area (TPSA) is 72.7 Å². The van der Waals surface area contributed by atoms with Crippen LogP contribution in [-0.2, 0) is 4.74 Å². The van der Waals surface area contributed by atoms with Crippen LogP contribution < -0.4 is 5.32 Å². The molecule has 1 aromatic carbocycles. The van der Waals surface area contributed by atoms with Gasteiger partial charge in [0.1, 0.15) is 5.65 Å². The fourth-order valence-electron chi connectivity index (χ4n) is 2.31. The maximum Gasteiger partial charge on any atom is 0.337 e. The van der Waals surface area contributed by atoms with E-state index in [4.69, 9.17) is 11.6 Å². The second-order valence-corrected chi connectivity index (χ2v) is 5.61. The maximum absolute atomic E-state index is 12.4. The number of nitrogens with one attached hydrogen (secondary N) is 1. The van der Waals surface area contributed by atoms with Crippen molar-refractivity contribution in [2.45, 2.75) is 6.92 Å². The largest absolute Gasteiger partial charge is 0.465 e. The Bertz CT molecular complexity index is 949. The third-order valence-corrected chi connectivity index (χ3v) is 3.81. The van der Waals surface area contributed by atoms with Crippen LogP contribution in [0.3, 0.4) is 0 Å². The summed E-state index contributed by atoms with van der Waals surface area (Å²) in [5.74, 6) is -0.849. The molecule has 1 amide bonds. The molecule has 7 heteroatoms. The van der Waals surface area contributed by atoms with E-state index < -0.39 is 5.97 Å². The molecule has 0 saturated heterocycles. The lowest BCUT2D eigenvalue weighted by molar-refractivity contribution is 0.0600. The number of esters is 1. The molecule has 0 saturated carbocycles. The van der Waals surface area contributed by atoms with Gasteiger partial charge in [0.15, 0.2) is 0 Å². The number of pyridine rings is 1. The van der Waals surface area contributed by atoms with Crippen molar-refractivity contribution in [1.29, 1.82) is 0 Å². The number of ether oxygens (including phenoxy) is 1. The van der Waals surface area contributed by atoms with Crippen LogP contribution in [0.15, 0.2) is 42.7 Å². The molecule has 0 aliphatic heterocycles. The summed E-state index contributed by atoms with van der Waals surface area (Å²) in [6.07, 6.45) is 3.63. The number of carbonyl (C=O) groups excluding carboxylic acids is 2. The smallest absolute Gasteiger partial charge is 0.337 e. The molecule has 122 valence electrons. The van der Waals surface area contributed by atoms with Gasteiger partial charge in [-0.3, -0.25) is 4.79 Å². The highest BCUT2D eigenvalue weighted by Crippen LogP contribution is 2.24. The van der Waals surface area contributed by atoms with E-state index in [0.717, 1.165) is 5.69 Å². The lowest BCUT2D eigenvalue weighted by Crippen LogP contribution is -2.13. The standard InChI is InChI=1S/C17H14ClN3O3/c1-10-9-21-6-5-11(8-15(21)19-10)16(22)20-14-7-12(17(23)24-2)3-4-13(14)18/h3-9H,1-2H3,(H,20,22). The van der Waals surface area contributed by atoms with Crippen LogP contribution in [0.25, 0.3) is 5.65 Å². The van der Waals surface area contributed by atoms with Crippen molar-refractivity contribution >= 4 is 34.8 Å². The first-order valence-electron chi connectivity index (χ1n) is 7.12. The molecule has 0 spiro atoms. The molecule has 0 aliphatic rings. The number of benzene rings is 1. The number of hydrogen-bond acceptors (Lipinski definition) is 4. The molecule has 2 aromatic heterocycles. The normalized spacial score (nSPS) is 10.6. The Morgan fingerprint density at radius 3 is 2.75 bits per heavy atom. The van der Waals surface area contributed by atoms with Crippen molar-refractivity contribution in [2.24, 2.45) is 0 Å². The van der Waals surface area contributed by atoms with Crippen LogP contribution in [-0.4, -0.2) is 28.4 Å². The molecule has 2 heterocycles. The number of nitrogens with zero attached hydrogens (tertiary/aromatic N) is 2. The molecule has 24 heavy (non-hydrogen) atoms. The molecule has 0 aliphatic carbocycles. The van der Waals surface area contributed by atoms with Gasteiger partial charge in [-0.15, -0.1) is 0 Å². The summed E-state index contributed by atoms with van der Waals surface area (Å²) in [5.41, 5.74) is 2.61. The van der Waals surface area contributed by atoms with Gasteiger partial charge in [-0.25, -0.2) is 9.78 Å². The minimum atomic E-state index is -0.503. The zero-order valence-corrected chi connectivity index (χ0v) is 13.8. The second kappa shape index (κ2) is 6.33. The van der Waals surface area contributed by atoms with Crippen molar-refractivity contribution in [3.8, 4) is 0 Å². The van der Waals surface area contributed by atoms with Crippen LogP contribution in [0, 0.1) is 6.92 Å². The number of aryl methyl sites for hydroxylation is 1. The Balaban J connectivity index is 1.89. The summed E-state index contributed by atoms with van der Waals surface area (Å²) in [6, 6.07) is 7.90. The number of anilines is 1. The van der Waals surface area contributed by atoms with E-state index in [0.29, 0.717) is 27.5 Å². The van der Waals surface area contributed by atoms with Crippen molar-refractivity contribution in [1.82, 2.24) is 9.38 Å². The molecule has 3 rings (SSSR count). The van der Waals surface area contributed by atoms with Crippen LogP contribution in [0.2, 0.25) is 5.02 Å². The minimum absolute atomic E-state index is 0.302. The zero-order chi connectivity index (χ0) is 17.3. The lowest BCUT2D eigenvalue weighted by Gasteiger charge is -2.09. The van der Waals surface area contributed by atoms with Gasteiger partial charge in [0, 0.05) is 18.0 Å². The third kappa shape index (κ3) is 3.09. The summed E-state index contributed by atoms with van der Waals surface area (Å²) < 4.78 is 6.50. The molecular formula is C17H14ClN3O3. The number of amides is 1. The van der Waals surface area contributed by atoms with Crippen LogP contribution in [0.1, 0.15) is 26.4 Å². The highest BCUT2D eigenvalue weighted by molar-refractivity contribution is 6.34. The van der Waals surface area contributed by atoms with E-state index in [1.165, 1.54) is 25.3 Å². The first-order chi connectivity index (χ1) is 11.5. The Morgan fingerprint density at radius 1 is 1.21 bits per heavy atom. The lowest BCUT2D eigenvalue weighted by atomic mass is 10.2. The maximum atomic E-state index is 12.4. The van der Waals surface area contributed by atoms with Gasteiger partial charge >= 0.3 is 5.97 Å². The third-order valence-electron chi connectivity index (χ3n) is 3.48. The first-order valence-corrected chi connectivity index (χ1v) is 7.50. The SMILES string of the molecule is COC(=O)c1ccc(Cl)c(NC(=O)c2ccn3cc(C)nc3c2)c1. The molecule has 1 N–H and O–H groups in total. The number of methoxy groups -OCH3 is 1. The van der Waals surface area contributed by atoms with Gasteiger partial charge in [-0.1, -0.05) is 11.6 Å². The quantitative estimate of drug-likeness (QED) is 0.740. The van der Waals surface area contributed by atoms with Gasteiger partial charge in [-0.05, 0) is 37.3 Å².